The Bertz CT molecular complexity index is 445. The molecular weight excluding hydrogens is 218 g/mol. The Morgan fingerprint density at radius 3 is 2.88 bits per heavy atom. The lowest BCUT2D eigenvalue weighted by Gasteiger charge is -2.03. The molecule has 0 fully saturated rings. The van der Waals surface area contributed by atoms with Gasteiger partial charge in [-0.15, -0.1) is 11.8 Å². The van der Waals surface area contributed by atoms with Crippen LogP contribution in [0.2, 0.25) is 0 Å². The number of nitrogens with zero attached hydrogens (tertiary/aromatic N) is 2. The summed E-state index contributed by atoms with van der Waals surface area (Å²) in [5.74, 6) is 0.840. The highest BCUT2D eigenvalue weighted by atomic mass is 32.2. The third-order valence-corrected chi connectivity index (χ3v) is 3.09. The number of hydrogen-bond donors (Lipinski definition) is 1. The molecule has 0 aromatic carbocycles. The molecule has 0 saturated heterocycles. The summed E-state index contributed by atoms with van der Waals surface area (Å²) in [6.45, 7) is 0. The summed E-state index contributed by atoms with van der Waals surface area (Å²) in [6.07, 6.45) is 3.62. The first-order chi connectivity index (χ1) is 7.88. The minimum absolute atomic E-state index is 0.840. The zero-order valence-electron chi connectivity index (χ0n) is 9.05. The Morgan fingerprint density at radius 1 is 1.19 bits per heavy atom. The molecule has 4 heteroatoms. The topological polar surface area (TPSA) is 37.8 Å². The van der Waals surface area contributed by atoms with Gasteiger partial charge in [0.25, 0.3) is 0 Å². The van der Waals surface area contributed by atoms with Crippen LogP contribution < -0.4 is 5.32 Å². The van der Waals surface area contributed by atoms with E-state index in [1.165, 1.54) is 0 Å². The molecule has 1 N–H and O–H groups in total. The number of nitrogens with one attached hydrogen (secondary N) is 1. The quantitative estimate of drug-likeness (QED) is 0.821. The molecule has 0 aliphatic heterocycles. The van der Waals surface area contributed by atoms with Crippen molar-refractivity contribution >= 4 is 17.4 Å². The maximum Gasteiger partial charge on any atom is 0.0963 e. The summed E-state index contributed by atoms with van der Waals surface area (Å²) < 4.78 is 0. The smallest absolute Gasteiger partial charge is 0.0963 e. The Balaban J connectivity index is 1.99. The minimum atomic E-state index is 0.840. The zero-order valence-corrected chi connectivity index (χ0v) is 9.87. The van der Waals surface area contributed by atoms with E-state index in [1.807, 2.05) is 37.5 Å². The molecule has 0 amide bonds. The summed E-state index contributed by atoms with van der Waals surface area (Å²) in [7, 11) is 1.91. The first-order valence-corrected chi connectivity index (χ1v) is 6.03. The van der Waals surface area contributed by atoms with Crippen LogP contribution in [-0.2, 0) is 5.75 Å². The van der Waals surface area contributed by atoms with Gasteiger partial charge in [0.1, 0.15) is 0 Å². The van der Waals surface area contributed by atoms with Crippen molar-refractivity contribution in [1.82, 2.24) is 9.97 Å². The van der Waals surface area contributed by atoms with Crippen LogP contribution in [0.3, 0.4) is 0 Å². The van der Waals surface area contributed by atoms with Gasteiger partial charge >= 0.3 is 0 Å². The molecule has 16 heavy (non-hydrogen) atoms. The predicted octanol–water partition coefficient (Wildman–Crippen LogP) is 2.81. The first kappa shape index (κ1) is 11.0. The summed E-state index contributed by atoms with van der Waals surface area (Å²) in [5.41, 5.74) is 2.15. The highest BCUT2D eigenvalue weighted by Crippen LogP contribution is 2.20. The van der Waals surface area contributed by atoms with Crippen LogP contribution in [0.1, 0.15) is 5.69 Å². The maximum atomic E-state index is 4.31. The van der Waals surface area contributed by atoms with E-state index < -0.39 is 0 Å². The van der Waals surface area contributed by atoms with E-state index in [2.05, 4.69) is 21.4 Å². The SMILES string of the molecule is CNc1ccnc(CSc2ccccn2)c1. The maximum absolute atomic E-state index is 4.31. The average molecular weight is 231 g/mol. The van der Waals surface area contributed by atoms with Gasteiger partial charge in [-0.05, 0) is 24.3 Å². The lowest BCUT2D eigenvalue weighted by Crippen LogP contribution is -1.92. The van der Waals surface area contributed by atoms with Crippen molar-refractivity contribution in [2.24, 2.45) is 0 Å². The molecule has 2 heterocycles. The van der Waals surface area contributed by atoms with Crippen LogP contribution in [0.25, 0.3) is 0 Å². The largest absolute Gasteiger partial charge is 0.388 e. The van der Waals surface area contributed by atoms with Gasteiger partial charge in [0.2, 0.25) is 0 Å². The van der Waals surface area contributed by atoms with Crippen LogP contribution in [0.4, 0.5) is 5.69 Å². The third-order valence-electron chi connectivity index (χ3n) is 2.11. The van der Waals surface area contributed by atoms with Gasteiger partial charge < -0.3 is 5.32 Å². The van der Waals surface area contributed by atoms with Gasteiger partial charge in [0, 0.05) is 30.9 Å². The zero-order chi connectivity index (χ0) is 11.2. The van der Waals surface area contributed by atoms with Crippen molar-refractivity contribution in [2.45, 2.75) is 10.8 Å². The molecule has 0 unspecified atom stereocenters. The number of rotatable bonds is 4. The van der Waals surface area contributed by atoms with Crippen molar-refractivity contribution in [3.05, 3.63) is 48.4 Å². The molecule has 2 aromatic heterocycles. The number of pyridine rings is 2. The molecule has 82 valence electrons. The van der Waals surface area contributed by atoms with Crippen LogP contribution in [0, 0.1) is 0 Å². The van der Waals surface area contributed by atoms with Crippen molar-refractivity contribution in [3.8, 4) is 0 Å². The molecule has 0 radical (unpaired) electrons. The monoisotopic (exact) mass is 231 g/mol. The van der Waals surface area contributed by atoms with Crippen LogP contribution in [-0.4, -0.2) is 17.0 Å². The van der Waals surface area contributed by atoms with Gasteiger partial charge in [-0.2, -0.15) is 0 Å². The van der Waals surface area contributed by atoms with Crippen molar-refractivity contribution in [3.63, 3.8) is 0 Å². The van der Waals surface area contributed by atoms with Crippen LogP contribution in [0.15, 0.2) is 47.8 Å². The Morgan fingerprint density at radius 2 is 2.12 bits per heavy atom. The average Bonchev–Trinajstić information content (AvgIpc) is 2.38. The fraction of sp³-hybridized carbons (Fsp3) is 0.167. The van der Waals surface area contributed by atoms with Gasteiger partial charge in [-0.1, -0.05) is 6.07 Å². The minimum Gasteiger partial charge on any atom is -0.388 e. The third kappa shape index (κ3) is 2.97. The first-order valence-electron chi connectivity index (χ1n) is 5.05. The van der Waals surface area contributed by atoms with Crippen molar-refractivity contribution in [2.75, 3.05) is 12.4 Å². The summed E-state index contributed by atoms with van der Waals surface area (Å²) in [4.78, 5) is 8.57. The highest BCUT2D eigenvalue weighted by molar-refractivity contribution is 7.98. The summed E-state index contributed by atoms with van der Waals surface area (Å²) >= 11 is 1.69. The lowest BCUT2D eigenvalue weighted by atomic mass is 10.3. The Hall–Kier alpha value is -1.55. The standard InChI is InChI=1S/C12H13N3S/c1-13-10-5-7-14-11(8-10)9-16-12-4-2-3-6-15-12/h2-8H,9H2,1H3,(H,13,14). The van der Waals surface area contributed by atoms with Gasteiger partial charge in [0.15, 0.2) is 0 Å². The number of aromatic nitrogens is 2. The fourth-order valence-electron chi connectivity index (χ4n) is 1.29. The van der Waals surface area contributed by atoms with E-state index >= 15 is 0 Å². The van der Waals surface area contributed by atoms with Crippen molar-refractivity contribution < 1.29 is 0 Å². The van der Waals surface area contributed by atoms with E-state index in [9.17, 15) is 0 Å². The van der Waals surface area contributed by atoms with E-state index in [0.29, 0.717) is 0 Å². The number of anilines is 1. The molecule has 0 bridgehead atoms. The van der Waals surface area contributed by atoms with Gasteiger partial charge in [-0.25, -0.2) is 4.98 Å². The highest BCUT2D eigenvalue weighted by Gasteiger charge is 1.98. The number of thioether (sulfide) groups is 1. The molecule has 0 saturated carbocycles. The second-order valence-electron chi connectivity index (χ2n) is 3.24. The fourth-order valence-corrected chi connectivity index (χ4v) is 2.06. The molecule has 3 nitrogen and oxygen atoms in total. The van der Waals surface area contributed by atoms with E-state index in [-0.39, 0.29) is 0 Å². The Kier molecular flexibility index (Phi) is 3.77. The van der Waals surface area contributed by atoms with E-state index in [1.54, 1.807) is 18.0 Å². The molecule has 2 aromatic rings. The lowest BCUT2D eigenvalue weighted by molar-refractivity contribution is 1.12. The van der Waals surface area contributed by atoms with E-state index in [0.717, 1.165) is 22.2 Å². The van der Waals surface area contributed by atoms with E-state index in [4.69, 9.17) is 0 Å². The Labute approximate surface area is 99.3 Å². The van der Waals surface area contributed by atoms with Crippen molar-refractivity contribution in [1.29, 1.82) is 0 Å². The van der Waals surface area contributed by atoms with Crippen LogP contribution in [0.5, 0.6) is 0 Å². The normalized spacial score (nSPS) is 10.1. The number of hydrogen-bond acceptors (Lipinski definition) is 4. The molecular formula is C12H13N3S. The van der Waals surface area contributed by atoms with Gasteiger partial charge in [-0.3, -0.25) is 4.98 Å². The second-order valence-corrected chi connectivity index (χ2v) is 4.24. The molecule has 0 atom stereocenters. The summed E-state index contributed by atoms with van der Waals surface area (Å²) in [6, 6.07) is 9.92. The molecule has 0 aliphatic rings. The van der Waals surface area contributed by atoms with Crippen LogP contribution >= 0.6 is 11.8 Å². The second kappa shape index (κ2) is 5.51. The predicted molar refractivity (Wildman–Crippen MR) is 67.6 cm³/mol. The molecule has 0 aliphatic carbocycles. The summed E-state index contributed by atoms with van der Waals surface area (Å²) in [5, 5.41) is 4.13. The molecule has 0 spiro atoms. The molecule has 2 rings (SSSR count). The van der Waals surface area contributed by atoms with Gasteiger partial charge in [0.05, 0.1) is 10.7 Å².